The van der Waals surface area contributed by atoms with Crippen molar-refractivity contribution in [2.45, 2.75) is 52.0 Å². The highest BCUT2D eigenvalue weighted by Gasteiger charge is 2.36. The zero-order valence-corrected chi connectivity index (χ0v) is 12.8. The first-order chi connectivity index (χ1) is 9.53. The first-order valence-corrected chi connectivity index (χ1v) is 7.68. The van der Waals surface area contributed by atoms with Gasteiger partial charge in [0.05, 0.1) is 11.0 Å². The summed E-state index contributed by atoms with van der Waals surface area (Å²) in [7, 11) is 2.15. The van der Waals surface area contributed by atoms with Gasteiger partial charge >= 0.3 is 0 Å². The van der Waals surface area contributed by atoms with Gasteiger partial charge in [0.25, 0.3) is 0 Å². The summed E-state index contributed by atoms with van der Waals surface area (Å²) in [6.45, 7) is 5.36. The van der Waals surface area contributed by atoms with Crippen LogP contribution in [0.3, 0.4) is 0 Å². The Kier molecular flexibility index (Phi) is 3.33. The Labute approximate surface area is 121 Å². The fourth-order valence-electron chi connectivity index (χ4n) is 3.68. The SMILES string of the molecule is Cn1c(C2CCCCC2(C)C)nc2cc(CN)ccc21. The second-order valence-electron chi connectivity index (χ2n) is 6.84. The Balaban J connectivity index is 2.09. The molecule has 1 unspecified atom stereocenters. The van der Waals surface area contributed by atoms with E-state index in [0.717, 1.165) is 11.1 Å². The van der Waals surface area contributed by atoms with E-state index in [1.165, 1.54) is 37.0 Å². The fourth-order valence-corrected chi connectivity index (χ4v) is 3.68. The van der Waals surface area contributed by atoms with Gasteiger partial charge in [0.2, 0.25) is 0 Å². The van der Waals surface area contributed by atoms with Crippen molar-refractivity contribution in [2.75, 3.05) is 0 Å². The Hall–Kier alpha value is -1.35. The van der Waals surface area contributed by atoms with Crippen molar-refractivity contribution < 1.29 is 0 Å². The summed E-state index contributed by atoms with van der Waals surface area (Å²) in [5, 5.41) is 0. The summed E-state index contributed by atoms with van der Waals surface area (Å²) in [6.07, 6.45) is 5.24. The molecular weight excluding hydrogens is 246 g/mol. The van der Waals surface area contributed by atoms with Crippen LogP contribution in [-0.4, -0.2) is 9.55 Å². The highest BCUT2D eigenvalue weighted by Crippen LogP contribution is 2.46. The molecule has 1 aromatic carbocycles. The van der Waals surface area contributed by atoms with Gasteiger partial charge in [-0.25, -0.2) is 4.98 Å². The topological polar surface area (TPSA) is 43.8 Å². The Bertz CT molecular complexity index is 624. The van der Waals surface area contributed by atoms with E-state index in [-0.39, 0.29) is 0 Å². The maximum absolute atomic E-state index is 5.74. The minimum Gasteiger partial charge on any atom is -0.331 e. The Morgan fingerprint density at radius 2 is 2.15 bits per heavy atom. The third-order valence-corrected chi connectivity index (χ3v) is 5.03. The molecule has 2 aromatic rings. The molecule has 0 amide bonds. The first kappa shape index (κ1) is 13.6. The van der Waals surface area contributed by atoms with Gasteiger partial charge in [-0.15, -0.1) is 0 Å². The van der Waals surface area contributed by atoms with Crippen molar-refractivity contribution in [1.29, 1.82) is 0 Å². The molecular formula is C17H25N3. The molecule has 0 aliphatic heterocycles. The number of aromatic nitrogens is 2. The largest absolute Gasteiger partial charge is 0.331 e. The maximum atomic E-state index is 5.74. The molecule has 0 saturated heterocycles. The van der Waals surface area contributed by atoms with Crippen molar-refractivity contribution >= 4 is 11.0 Å². The summed E-state index contributed by atoms with van der Waals surface area (Å²) in [5.74, 6) is 1.81. The van der Waals surface area contributed by atoms with E-state index < -0.39 is 0 Å². The lowest BCUT2D eigenvalue weighted by Gasteiger charge is -2.38. The number of imidazole rings is 1. The summed E-state index contributed by atoms with van der Waals surface area (Å²) in [6, 6.07) is 6.40. The van der Waals surface area contributed by atoms with Gasteiger partial charge in [-0.3, -0.25) is 0 Å². The third kappa shape index (κ3) is 2.14. The third-order valence-electron chi connectivity index (χ3n) is 5.03. The summed E-state index contributed by atoms with van der Waals surface area (Å²) >= 11 is 0. The number of rotatable bonds is 2. The maximum Gasteiger partial charge on any atom is 0.113 e. The number of nitrogens with two attached hydrogens (primary N) is 1. The number of benzene rings is 1. The van der Waals surface area contributed by atoms with Crippen LogP contribution in [0.1, 0.15) is 56.8 Å². The molecule has 0 radical (unpaired) electrons. The van der Waals surface area contributed by atoms with Gasteiger partial charge in [-0.2, -0.15) is 0 Å². The van der Waals surface area contributed by atoms with Crippen LogP contribution in [0.4, 0.5) is 0 Å². The van der Waals surface area contributed by atoms with E-state index in [4.69, 9.17) is 10.7 Å². The highest BCUT2D eigenvalue weighted by molar-refractivity contribution is 5.77. The van der Waals surface area contributed by atoms with Crippen LogP contribution in [0.15, 0.2) is 18.2 Å². The van der Waals surface area contributed by atoms with Crippen molar-refractivity contribution in [1.82, 2.24) is 9.55 Å². The lowest BCUT2D eigenvalue weighted by molar-refractivity contribution is 0.190. The normalized spacial score (nSPS) is 22.3. The predicted octanol–water partition coefficient (Wildman–Crippen LogP) is 3.72. The predicted molar refractivity (Wildman–Crippen MR) is 83.6 cm³/mol. The van der Waals surface area contributed by atoms with E-state index in [0.29, 0.717) is 17.9 Å². The summed E-state index contributed by atoms with van der Waals surface area (Å²) < 4.78 is 2.29. The quantitative estimate of drug-likeness (QED) is 0.904. The molecule has 0 spiro atoms. The van der Waals surface area contributed by atoms with E-state index in [1.807, 2.05) is 0 Å². The molecule has 1 fully saturated rings. The average molecular weight is 271 g/mol. The monoisotopic (exact) mass is 271 g/mol. The summed E-state index contributed by atoms with van der Waals surface area (Å²) in [5.41, 5.74) is 9.56. The minimum absolute atomic E-state index is 0.351. The molecule has 1 aliphatic rings. The smallest absolute Gasteiger partial charge is 0.113 e. The van der Waals surface area contributed by atoms with Gasteiger partial charge in [0.1, 0.15) is 5.82 Å². The van der Waals surface area contributed by atoms with Crippen LogP contribution in [0.25, 0.3) is 11.0 Å². The molecule has 20 heavy (non-hydrogen) atoms. The molecule has 2 N–H and O–H groups in total. The van der Waals surface area contributed by atoms with E-state index in [1.54, 1.807) is 0 Å². The molecule has 1 aliphatic carbocycles. The number of nitrogens with zero attached hydrogens (tertiary/aromatic N) is 2. The molecule has 3 rings (SSSR count). The van der Waals surface area contributed by atoms with Crippen molar-refractivity contribution in [3.8, 4) is 0 Å². The lowest BCUT2D eigenvalue weighted by Crippen LogP contribution is -2.28. The molecule has 1 aromatic heterocycles. The Morgan fingerprint density at radius 3 is 2.85 bits per heavy atom. The molecule has 108 valence electrons. The van der Waals surface area contributed by atoms with Crippen LogP contribution in [0.5, 0.6) is 0 Å². The zero-order chi connectivity index (χ0) is 14.3. The number of fused-ring (bicyclic) bond motifs is 1. The molecule has 1 atom stereocenters. The number of hydrogen-bond donors (Lipinski definition) is 1. The molecule has 3 heteroatoms. The first-order valence-electron chi connectivity index (χ1n) is 7.68. The van der Waals surface area contributed by atoms with E-state index >= 15 is 0 Å². The van der Waals surface area contributed by atoms with Gasteiger partial charge in [-0.1, -0.05) is 32.8 Å². The van der Waals surface area contributed by atoms with Gasteiger partial charge < -0.3 is 10.3 Å². The van der Waals surface area contributed by atoms with E-state index in [2.05, 4.69) is 43.7 Å². The van der Waals surface area contributed by atoms with Crippen LogP contribution in [-0.2, 0) is 13.6 Å². The van der Waals surface area contributed by atoms with Gasteiger partial charge in [-0.05, 0) is 36.0 Å². The zero-order valence-electron chi connectivity index (χ0n) is 12.8. The average Bonchev–Trinajstić information content (AvgIpc) is 2.75. The fraction of sp³-hybridized carbons (Fsp3) is 0.588. The lowest BCUT2D eigenvalue weighted by atomic mass is 9.68. The second kappa shape index (κ2) is 4.88. The van der Waals surface area contributed by atoms with Crippen LogP contribution >= 0.6 is 0 Å². The van der Waals surface area contributed by atoms with Gasteiger partial charge in [0.15, 0.2) is 0 Å². The molecule has 1 heterocycles. The van der Waals surface area contributed by atoms with Crippen LogP contribution in [0.2, 0.25) is 0 Å². The number of aryl methyl sites for hydroxylation is 1. The second-order valence-corrected chi connectivity index (χ2v) is 6.84. The van der Waals surface area contributed by atoms with E-state index in [9.17, 15) is 0 Å². The summed E-state index contributed by atoms with van der Waals surface area (Å²) in [4.78, 5) is 4.95. The van der Waals surface area contributed by atoms with Crippen molar-refractivity contribution in [3.63, 3.8) is 0 Å². The van der Waals surface area contributed by atoms with Crippen LogP contribution in [0, 0.1) is 5.41 Å². The molecule has 3 nitrogen and oxygen atoms in total. The van der Waals surface area contributed by atoms with Crippen molar-refractivity contribution in [2.24, 2.45) is 18.2 Å². The molecule has 1 saturated carbocycles. The van der Waals surface area contributed by atoms with Crippen molar-refractivity contribution in [3.05, 3.63) is 29.6 Å². The number of hydrogen-bond acceptors (Lipinski definition) is 2. The standard InChI is InChI=1S/C17H25N3/c1-17(2)9-5-4-6-13(17)16-19-14-10-12(11-18)7-8-15(14)20(16)3/h7-8,10,13H,4-6,9,11,18H2,1-3H3. The minimum atomic E-state index is 0.351. The van der Waals surface area contributed by atoms with Gasteiger partial charge in [0, 0.05) is 19.5 Å². The molecule has 0 bridgehead atoms. The highest BCUT2D eigenvalue weighted by atomic mass is 15.1. The van der Waals surface area contributed by atoms with Crippen LogP contribution < -0.4 is 5.73 Å². The Morgan fingerprint density at radius 1 is 1.35 bits per heavy atom.